The smallest absolute Gasteiger partial charge is 0.244 e. The first kappa shape index (κ1) is 20.0. The van der Waals surface area contributed by atoms with Gasteiger partial charge in [0, 0.05) is 23.2 Å². The largest absolute Gasteiger partial charge is 0.496 e. The molecule has 7 heteroatoms. The molecule has 0 atom stereocenters. The Hall–Kier alpha value is -1.31. The highest BCUT2D eigenvalue weighted by Crippen LogP contribution is 2.34. The predicted octanol–water partition coefficient (Wildman–Crippen LogP) is 2.60. The molecule has 0 saturated carbocycles. The van der Waals surface area contributed by atoms with E-state index in [0.29, 0.717) is 24.3 Å². The molecular weight excluding hydrogens is 340 g/mol. The Kier molecular flexibility index (Phi) is 5.42. The first-order chi connectivity index (χ1) is 11.4. The monoisotopic (exact) mass is 370 g/mol. The normalized spacial score (nSPS) is 20.3. The predicted molar refractivity (Wildman–Crippen MR) is 98.9 cm³/mol. The molecule has 1 aliphatic rings. The van der Waals surface area contributed by atoms with Crippen molar-refractivity contribution < 1.29 is 17.9 Å². The van der Waals surface area contributed by atoms with E-state index in [1.54, 1.807) is 6.07 Å². The molecule has 0 spiro atoms. The van der Waals surface area contributed by atoms with E-state index in [9.17, 15) is 8.42 Å². The van der Waals surface area contributed by atoms with Gasteiger partial charge in [-0.05, 0) is 59.1 Å². The first-order valence-electron chi connectivity index (χ1n) is 8.43. The number of methoxy groups -OCH3 is 2. The lowest BCUT2D eigenvalue weighted by Gasteiger charge is -2.46. The quantitative estimate of drug-likeness (QED) is 0.833. The van der Waals surface area contributed by atoms with Crippen molar-refractivity contribution in [3.05, 3.63) is 17.7 Å². The van der Waals surface area contributed by atoms with Crippen molar-refractivity contribution in [3.63, 3.8) is 0 Å². The zero-order valence-electron chi connectivity index (χ0n) is 16.2. The van der Waals surface area contributed by atoms with E-state index in [-0.39, 0.29) is 22.0 Å². The minimum atomic E-state index is -3.74. The van der Waals surface area contributed by atoms with Gasteiger partial charge in [0.1, 0.15) is 16.4 Å². The molecule has 0 bridgehead atoms. The number of rotatable bonds is 5. The highest BCUT2D eigenvalue weighted by molar-refractivity contribution is 7.89. The van der Waals surface area contributed by atoms with Gasteiger partial charge in [-0.2, -0.15) is 0 Å². The Morgan fingerprint density at radius 3 is 2.04 bits per heavy atom. The fraction of sp³-hybridized carbons (Fsp3) is 0.667. The third-order valence-electron chi connectivity index (χ3n) is 4.48. The van der Waals surface area contributed by atoms with E-state index in [0.717, 1.165) is 5.56 Å². The summed E-state index contributed by atoms with van der Waals surface area (Å²) in [5.74, 6) is 0.838. The molecule has 0 unspecified atom stereocenters. The molecule has 1 aromatic rings. The van der Waals surface area contributed by atoms with Crippen LogP contribution in [0.2, 0.25) is 0 Å². The molecule has 6 nitrogen and oxygen atoms in total. The van der Waals surface area contributed by atoms with E-state index >= 15 is 0 Å². The third-order valence-corrected chi connectivity index (χ3v) is 6.02. The molecule has 0 aliphatic carbocycles. The lowest BCUT2D eigenvalue weighted by molar-refractivity contribution is 0.157. The van der Waals surface area contributed by atoms with Gasteiger partial charge < -0.3 is 14.8 Å². The standard InChI is InChI=1S/C18H30N2O4S/c1-12-8-15(24-7)16(9-14(12)23-6)25(21,22)19-13-10-17(2,3)20-18(4,5)11-13/h8-9,13,19-20H,10-11H2,1-7H3. The van der Waals surface area contributed by atoms with E-state index in [4.69, 9.17) is 9.47 Å². The molecule has 1 aromatic carbocycles. The Bertz CT molecular complexity index is 726. The van der Waals surface area contributed by atoms with Crippen LogP contribution in [-0.4, -0.2) is 39.8 Å². The molecule has 1 saturated heterocycles. The number of hydrogen-bond donors (Lipinski definition) is 2. The zero-order valence-corrected chi connectivity index (χ0v) is 17.0. The number of hydrogen-bond acceptors (Lipinski definition) is 5. The van der Waals surface area contributed by atoms with Crippen molar-refractivity contribution in [1.82, 2.24) is 10.0 Å². The molecule has 2 N–H and O–H groups in total. The molecule has 1 fully saturated rings. The second-order valence-corrected chi connectivity index (χ2v) is 9.77. The summed E-state index contributed by atoms with van der Waals surface area (Å²) >= 11 is 0. The molecule has 1 heterocycles. The van der Waals surface area contributed by atoms with Crippen LogP contribution in [0.15, 0.2) is 17.0 Å². The Morgan fingerprint density at radius 2 is 1.56 bits per heavy atom. The summed E-state index contributed by atoms with van der Waals surface area (Å²) in [6, 6.07) is 3.05. The average Bonchev–Trinajstić information content (AvgIpc) is 2.42. The molecule has 1 aliphatic heterocycles. The number of aryl methyl sites for hydroxylation is 1. The van der Waals surface area contributed by atoms with Crippen molar-refractivity contribution in [2.75, 3.05) is 14.2 Å². The van der Waals surface area contributed by atoms with Crippen LogP contribution in [0.3, 0.4) is 0 Å². The van der Waals surface area contributed by atoms with E-state index in [1.807, 2.05) is 6.92 Å². The third kappa shape index (κ3) is 4.65. The Morgan fingerprint density at radius 1 is 1.04 bits per heavy atom. The van der Waals surface area contributed by atoms with Gasteiger partial charge in [0.05, 0.1) is 14.2 Å². The van der Waals surface area contributed by atoms with Crippen LogP contribution in [0.1, 0.15) is 46.1 Å². The topological polar surface area (TPSA) is 76.7 Å². The number of benzene rings is 1. The molecule has 0 aromatic heterocycles. The first-order valence-corrected chi connectivity index (χ1v) is 9.92. The summed E-state index contributed by atoms with van der Waals surface area (Å²) in [4.78, 5) is 0.103. The molecule has 0 amide bonds. The fourth-order valence-electron chi connectivity index (χ4n) is 3.92. The van der Waals surface area contributed by atoms with Crippen LogP contribution in [0.4, 0.5) is 0 Å². The highest BCUT2D eigenvalue weighted by atomic mass is 32.2. The molecule has 142 valence electrons. The van der Waals surface area contributed by atoms with Gasteiger partial charge in [0.25, 0.3) is 0 Å². The van der Waals surface area contributed by atoms with Crippen molar-refractivity contribution in [2.45, 2.75) is 69.5 Å². The van der Waals surface area contributed by atoms with Crippen LogP contribution in [0.5, 0.6) is 11.5 Å². The van der Waals surface area contributed by atoms with E-state index in [2.05, 4.69) is 37.7 Å². The van der Waals surface area contributed by atoms with Gasteiger partial charge in [-0.3, -0.25) is 0 Å². The van der Waals surface area contributed by atoms with Crippen LogP contribution >= 0.6 is 0 Å². The highest BCUT2D eigenvalue weighted by Gasteiger charge is 2.39. The molecule has 25 heavy (non-hydrogen) atoms. The van der Waals surface area contributed by atoms with Crippen LogP contribution in [0.25, 0.3) is 0 Å². The van der Waals surface area contributed by atoms with Crippen molar-refractivity contribution in [2.24, 2.45) is 0 Å². The molecule has 2 rings (SSSR count). The lowest BCUT2D eigenvalue weighted by Crippen LogP contribution is -2.62. The van der Waals surface area contributed by atoms with Crippen LogP contribution in [-0.2, 0) is 10.0 Å². The molecule has 0 radical (unpaired) electrons. The number of piperidine rings is 1. The van der Waals surface area contributed by atoms with Crippen LogP contribution < -0.4 is 19.5 Å². The SMILES string of the molecule is COc1cc(S(=O)(=O)NC2CC(C)(C)NC(C)(C)C2)c(OC)cc1C. The minimum absolute atomic E-state index is 0.103. The lowest BCUT2D eigenvalue weighted by atomic mass is 9.80. The summed E-state index contributed by atoms with van der Waals surface area (Å²) < 4.78 is 39.5. The summed E-state index contributed by atoms with van der Waals surface area (Å²) in [5, 5.41) is 3.56. The van der Waals surface area contributed by atoms with Crippen molar-refractivity contribution in [1.29, 1.82) is 0 Å². The number of nitrogens with one attached hydrogen (secondary N) is 2. The van der Waals surface area contributed by atoms with Gasteiger partial charge in [-0.15, -0.1) is 0 Å². The van der Waals surface area contributed by atoms with Gasteiger partial charge in [0.2, 0.25) is 10.0 Å². The summed E-state index contributed by atoms with van der Waals surface area (Å²) in [5.41, 5.74) is 0.524. The van der Waals surface area contributed by atoms with Crippen LogP contribution in [0, 0.1) is 6.92 Å². The maximum atomic E-state index is 13.0. The zero-order chi connectivity index (χ0) is 19.0. The summed E-state index contributed by atoms with van der Waals surface area (Å²) in [7, 11) is -0.742. The van der Waals surface area contributed by atoms with Gasteiger partial charge >= 0.3 is 0 Å². The van der Waals surface area contributed by atoms with Crippen molar-refractivity contribution >= 4 is 10.0 Å². The maximum Gasteiger partial charge on any atom is 0.244 e. The van der Waals surface area contributed by atoms with E-state index in [1.165, 1.54) is 20.3 Å². The van der Waals surface area contributed by atoms with Crippen molar-refractivity contribution in [3.8, 4) is 11.5 Å². The minimum Gasteiger partial charge on any atom is -0.496 e. The summed E-state index contributed by atoms with van der Waals surface area (Å²) in [6.07, 6.45) is 1.42. The van der Waals surface area contributed by atoms with Gasteiger partial charge in [-0.1, -0.05) is 0 Å². The number of ether oxygens (including phenoxy) is 2. The Labute approximate surface area is 151 Å². The molecular formula is C18H30N2O4S. The van der Waals surface area contributed by atoms with Gasteiger partial charge in [-0.25, -0.2) is 13.1 Å². The number of sulfonamides is 1. The van der Waals surface area contributed by atoms with E-state index < -0.39 is 10.0 Å². The van der Waals surface area contributed by atoms with Gasteiger partial charge in [0.15, 0.2) is 0 Å². The fourth-order valence-corrected chi connectivity index (χ4v) is 5.32. The Balaban J connectivity index is 2.36. The second kappa shape index (κ2) is 6.78. The second-order valence-electron chi connectivity index (χ2n) is 8.09. The summed E-state index contributed by atoms with van der Waals surface area (Å²) in [6.45, 7) is 10.2. The average molecular weight is 371 g/mol. The maximum absolute atomic E-state index is 13.0.